The van der Waals surface area contributed by atoms with E-state index in [1.807, 2.05) is 64.9 Å². The minimum atomic E-state index is -1.02. The molecule has 0 spiro atoms. The summed E-state index contributed by atoms with van der Waals surface area (Å²) in [4.78, 5) is 20.3. The predicted octanol–water partition coefficient (Wildman–Crippen LogP) is 4.40. The maximum Gasteiger partial charge on any atom is 0.242 e. The maximum atomic E-state index is 13.7. The van der Waals surface area contributed by atoms with E-state index in [2.05, 4.69) is 5.32 Å². The van der Waals surface area contributed by atoms with Crippen LogP contribution in [0.4, 0.5) is 0 Å². The Morgan fingerprint density at radius 1 is 1.19 bits per heavy atom. The SMILES string of the molecule is CC1(C(=O)NC2CCCCC2)Cn2c(nc3ccccc32)C(O)N1Cc1cccc(Cl)c1. The summed E-state index contributed by atoms with van der Waals surface area (Å²) < 4.78 is 1.99. The fourth-order valence-electron chi connectivity index (χ4n) is 5.15. The number of fused-ring (bicyclic) bond motifs is 3. The van der Waals surface area contributed by atoms with Crippen molar-refractivity contribution >= 4 is 28.5 Å². The minimum Gasteiger partial charge on any atom is -0.371 e. The fourth-order valence-corrected chi connectivity index (χ4v) is 5.36. The molecule has 1 aromatic heterocycles. The Kier molecular flexibility index (Phi) is 5.70. The number of aromatic nitrogens is 2. The lowest BCUT2D eigenvalue weighted by Crippen LogP contribution is -2.63. The van der Waals surface area contributed by atoms with E-state index >= 15 is 0 Å². The van der Waals surface area contributed by atoms with Crippen molar-refractivity contribution in [3.8, 4) is 0 Å². The largest absolute Gasteiger partial charge is 0.371 e. The highest BCUT2D eigenvalue weighted by atomic mass is 35.5. The Hall–Kier alpha value is -2.41. The molecule has 0 bridgehead atoms. The summed E-state index contributed by atoms with van der Waals surface area (Å²) in [6.07, 6.45) is 4.53. The highest BCUT2D eigenvalue weighted by Gasteiger charge is 2.49. The van der Waals surface area contributed by atoms with Gasteiger partial charge in [-0.25, -0.2) is 4.98 Å². The number of aliphatic hydroxyl groups is 1. The van der Waals surface area contributed by atoms with Gasteiger partial charge in [-0.1, -0.05) is 55.1 Å². The van der Waals surface area contributed by atoms with E-state index in [9.17, 15) is 9.90 Å². The molecule has 168 valence electrons. The molecule has 5 rings (SSSR count). The van der Waals surface area contributed by atoms with Crippen molar-refractivity contribution < 1.29 is 9.90 Å². The highest BCUT2D eigenvalue weighted by Crippen LogP contribution is 2.38. The zero-order valence-electron chi connectivity index (χ0n) is 18.3. The van der Waals surface area contributed by atoms with Gasteiger partial charge in [-0.2, -0.15) is 0 Å². The highest BCUT2D eigenvalue weighted by molar-refractivity contribution is 6.30. The number of para-hydroxylation sites is 2. The van der Waals surface area contributed by atoms with Crippen LogP contribution < -0.4 is 5.32 Å². The van der Waals surface area contributed by atoms with Gasteiger partial charge in [-0.3, -0.25) is 9.69 Å². The number of aliphatic hydroxyl groups excluding tert-OH is 1. The van der Waals surface area contributed by atoms with Crippen molar-refractivity contribution in [2.75, 3.05) is 0 Å². The molecule has 32 heavy (non-hydrogen) atoms. The molecule has 1 amide bonds. The minimum absolute atomic E-state index is 0.0473. The molecule has 7 heteroatoms. The number of carbonyl (C=O) groups excluding carboxylic acids is 1. The average Bonchev–Trinajstić information content (AvgIpc) is 3.16. The summed E-state index contributed by atoms with van der Waals surface area (Å²) in [7, 11) is 0. The normalized spacial score (nSPS) is 24.4. The number of rotatable bonds is 4. The molecule has 2 aliphatic rings. The van der Waals surface area contributed by atoms with E-state index in [0.717, 1.165) is 42.3 Å². The molecule has 3 aromatic rings. The fraction of sp³-hybridized carbons (Fsp3) is 0.440. The first-order chi connectivity index (χ1) is 15.5. The van der Waals surface area contributed by atoms with Gasteiger partial charge in [-0.05, 0) is 49.6 Å². The first-order valence-corrected chi connectivity index (χ1v) is 11.8. The van der Waals surface area contributed by atoms with E-state index in [-0.39, 0.29) is 11.9 Å². The van der Waals surface area contributed by atoms with Crippen molar-refractivity contribution in [1.82, 2.24) is 19.8 Å². The molecule has 1 aliphatic heterocycles. The standard InChI is InChI=1S/C25H29ClN4O2/c1-25(24(32)27-19-10-3-2-4-11-19)16-29-21-13-6-5-12-20(21)28-22(29)23(31)30(25)15-17-8-7-9-18(26)14-17/h5-9,12-14,19,23,31H,2-4,10-11,15-16H2,1H3,(H,27,32). The van der Waals surface area contributed by atoms with Crippen molar-refractivity contribution in [2.45, 2.75) is 69.9 Å². The van der Waals surface area contributed by atoms with Gasteiger partial charge in [0.05, 0.1) is 17.6 Å². The summed E-state index contributed by atoms with van der Waals surface area (Å²) in [6, 6.07) is 15.6. The van der Waals surface area contributed by atoms with Gasteiger partial charge >= 0.3 is 0 Å². The van der Waals surface area contributed by atoms with Crippen LogP contribution >= 0.6 is 11.6 Å². The van der Waals surface area contributed by atoms with Crippen molar-refractivity contribution in [1.29, 1.82) is 0 Å². The molecular formula is C25H29ClN4O2. The van der Waals surface area contributed by atoms with Gasteiger partial charge in [0.1, 0.15) is 5.54 Å². The molecule has 0 radical (unpaired) electrons. The first-order valence-electron chi connectivity index (χ1n) is 11.4. The Labute approximate surface area is 193 Å². The molecule has 2 N–H and O–H groups in total. The number of benzene rings is 2. The van der Waals surface area contributed by atoms with Gasteiger partial charge in [-0.15, -0.1) is 0 Å². The summed E-state index contributed by atoms with van der Waals surface area (Å²) in [6.45, 7) is 2.73. The average molecular weight is 453 g/mol. The molecule has 6 nitrogen and oxygen atoms in total. The third-order valence-electron chi connectivity index (χ3n) is 6.98. The zero-order chi connectivity index (χ0) is 22.3. The number of hydrogen-bond acceptors (Lipinski definition) is 4. The zero-order valence-corrected chi connectivity index (χ0v) is 19.1. The number of nitrogens with one attached hydrogen (secondary N) is 1. The number of hydrogen-bond donors (Lipinski definition) is 2. The van der Waals surface area contributed by atoms with E-state index in [1.165, 1.54) is 6.42 Å². The molecule has 2 aromatic carbocycles. The van der Waals surface area contributed by atoms with Gasteiger partial charge in [0.25, 0.3) is 0 Å². The van der Waals surface area contributed by atoms with E-state index in [0.29, 0.717) is 23.9 Å². The molecule has 2 unspecified atom stereocenters. The first kappa shape index (κ1) is 21.4. The molecule has 0 saturated heterocycles. The Morgan fingerprint density at radius 3 is 2.75 bits per heavy atom. The van der Waals surface area contributed by atoms with Crippen LogP contribution in [-0.4, -0.2) is 37.0 Å². The molecule has 1 saturated carbocycles. The monoisotopic (exact) mass is 452 g/mol. The molecule has 2 heterocycles. The topological polar surface area (TPSA) is 70.4 Å². The summed E-state index contributed by atoms with van der Waals surface area (Å²) in [5, 5.41) is 15.4. The summed E-state index contributed by atoms with van der Waals surface area (Å²) in [5.41, 5.74) is 1.75. The lowest BCUT2D eigenvalue weighted by Gasteiger charge is -2.47. The molecule has 2 atom stereocenters. The summed E-state index contributed by atoms with van der Waals surface area (Å²) >= 11 is 6.22. The second-order valence-electron chi connectivity index (χ2n) is 9.26. The van der Waals surface area contributed by atoms with Crippen LogP contribution in [0.1, 0.15) is 56.6 Å². The van der Waals surface area contributed by atoms with Crippen LogP contribution in [-0.2, 0) is 17.9 Å². The van der Waals surface area contributed by atoms with Crippen LogP contribution in [0.5, 0.6) is 0 Å². The van der Waals surface area contributed by atoms with Gasteiger partial charge < -0.3 is 15.0 Å². The Balaban J connectivity index is 1.54. The van der Waals surface area contributed by atoms with Crippen molar-refractivity contribution in [2.24, 2.45) is 0 Å². The molecule has 1 fully saturated rings. The second-order valence-corrected chi connectivity index (χ2v) is 9.70. The lowest BCUT2D eigenvalue weighted by atomic mass is 9.91. The lowest BCUT2D eigenvalue weighted by molar-refractivity contribution is -0.153. The van der Waals surface area contributed by atoms with E-state index in [4.69, 9.17) is 16.6 Å². The van der Waals surface area contributed by atoms with E-state index in [1.54, 1.807) is 0 Å². The molecule has 1 aliphatic carbocycles. The quantitative estimate of drug-likeness (QED) is 0.615. The number of halogens is 1. The van der Waals surface area contributed by atoms with Crippen molar-refractivity contribution in [3.05, 3.63) is 64.9 Å². The number of nitrogens with zero attached hydrogens (tertiary/aromatic N) is 3. The maximum absolute atomic E-state index is 13.7. The van der Waals surface area contributed by atoms with Crippen LogP contribution in [0.15, 0.2) is 48.5 Å². The van der Waals surface area contributed by atoms with Crippen LogP contribution in [0.2, 0.25) is 5.02 Å². The molecular weight excluding hydrogens is 424 g/mol. The van der Waals surface area contributed by atoms with Gasteiger partial charge in [0.15, 0.2) is 12.1 Å². The third kappa shape index (κ3) is 3.81. The third-order valence-corrected chi connectivity index (χ3v) is 7.22. The number of imidazole rings is 1. The predicted molar refractivity (Wildman–Crippen MR) is 125 cm³/mol. The van der Waals surface area contributed by atoms with Crippen LogP contribution in [0.3, 0.4) is 0 Å². The van der Waals surface area contributed by atoms with Crippen LogP contribution in [0, 0.1) is 0 Å². The smallest absolute Gasteiger partial charge is 0.242 e. The second kappa shape index (κ2) is 8.50. The Bertz CT molecular complexity index is 1140. The number of amides is 1. The summed E-state index contributed by atoms with van der Waals surface area (Å²) in [5.74, 6) is 0.519. The number of carbonyl (C=O) groups is 1. The van der Waals surface area contributed by atoms with E-state index < -0.39 is 11.8 Å². The van der Waals surface area contributed by atoms with Gasteiger partial charge in [0.2, 0.25) is 5.91 Å². The Morgan fingerprint density at radius 2 is 1.97 bits per heavy atom. The van der Waals surface area contributed by atoms with Crippen molar-refractivity contribution in [3.63, 3.8) is 0 Å². The van der Waals surface area contributed by atoms with Gasteiger partial charge in [0, 0.05) is 17.6 Å². The van der Waals surface area contributed by atoms with Crippen LogP contribution in [0.25, 0.3) is 11.0 Å².